The van der Waals surface area contributed by atoms with Gasteiger partial charge in [-0.15, -0.1) is 0 Å². The SMILES string of the molecule is CC.CC.COc1cc(CCC(=O)NC(C)CCCC(C)(C)O)cc(C)c1O. The molecule has 0 aromatic heterocycles. The van der Waals surface area contributed by atoms with Crippen molar-refractivity contribution in [3.63, 3.8) is 0 Å². The minimum Gasteiger partial charge on any atom is -0.504 e. The highest BCUT2D eigenvalue weighted by molar-refractivity contribution is 5.76. The van der Waals surface area contributed by atoms with Crippen LogP contribution in [0.5, 0.6) is 11.5 Å². The van der Waals surface area contributed by atoms with Crippen LogP contribution in [0.1, 0.15) is 85.3 Å². The number of aliphatic hydroxyl groups is 1. The van der Waals surface area contributed by atoms with Crippen LogP contribution in [0.25, 0.3) is 0 Å². The van der Waals surface area contributed by atoms with Crippen LogP contribution in [0.4, 0.5) is 0 Å². The minimum absolute atomic E-state index is 0.00968. The van der Waals surface area contributed by atoms with Gasteiger partial charge in [0.05, 0.1) is 12.7 Å². The van der Waals surface area contributed by atoms with E-state index < -0.39 is 5.60 Å². The van der Waals surface area contributed by atoms with Gasteiger partial charge in [-0.25, -0.2) is 0 Å². The van der Waals surface area contributed by atoms with Gasteiger partial charge in [0.1, 0.15) is 0 Å². The Morgan fingerprint density at radius 1 is 1.21 bits per heavy atom. The smallest absolute Gasteiger partial charge is 0.220 e. The van der Waals surface area contributed by atoms with Crippen molar-refractivity contribution in [2.24, 2.45) is 0 Å². The maximum absolute atomic E-state index is 12.1. The van der Waals surface area contributed by atoms with Gasteiger partial charge in [0.2, 0.25) is 5.91 Å². The van der Waals surface area contributed by atoms with E-state index in [0.717, 1.165) is 30.4 Å². The Labute approximate surface area is 172 Å². The lowest BCUT2D eigenvalue weighted by atomic mass is 9.99. The number of rotatable bonds is 9. The van der Waals surface area contributed by atoms with Gasteiger partial charge in [-0.1, -0.05) is 33.8 Å². The van der Waals surface area contributed by atoms with Crippen LogP contribution in [0, 0.1) is 6.92 Å². The number of carbonyl (C=O) groups excluding carboxylic acids is 1. The van der Waals surface area contributed by atoms with Gasteiger partial charge >= 0.3 is 0 Å². The van der Waals surface area contributed by atoms with Crippen LogP contribution < -0.4 is 10.1 Å². The van der Waals surface area contributed by atoms with Crippen LogP contribution in [0.3, 0.4) is 0 Å². The van der Waals surface area contributed by atoms with E-state index in [1.807, 2.05) is 47.6 Å². The Morgan fingerprint density at radius 2 is 1.79 bits per heavy atom. The molecule has 28 heavy (non-hydrogen) atoms. The number of nitrogens with one attached hydrogen (secondary N) is 1. The van der Waals surface area contributed by atoms with E-state index in [9.17, 15) is 15.0 Å². The van der Waals surface area contributed by atoms with E-state index in [-0.39, 0.29) is 17.7 Å². The quantitative estimate of drug-likeness (QED) is 0.539. The van der Waals surface area contributed by atoms with E-state index in [2.05, 4.69) is 5.32 Å². The van der Waals surface area contributed by atoms with E-state index in [1.165, 1.54) is 7.11 Å². The van der Waals surface area contributed by atoms with Gasteiger partial charge in [0.15, 0.2) is 11.5 Å². The molecule has 1 unspecified atom stereocenters. The van der Waals surface area contributed by atoms with Crippen molar-refractivity contribution in [3.05, 3.63) is 23.3 Å². The molecule has 0 aliphatic carbocycles. The number of benzene rings is 1. The van der Waals surface area contributed by atoms with Gasteiger partial charge < -0.3 is 20.3 Å². The second-order valence-corrected chi connectivity index (χ2v) is 7.14. The predicted molar refractivity (Wildman–Crippen MR) is 118 cm³/mol. The molecule has 1 atom stereocenters. The standard InChI is InChI=1S/C19H31NO4.2C2H6/c1-13-11-15(12-16(24-5)18(13)22)8-9-17(21)20-14(2)7-6-10-19(3,4)23;2*1-2/h11-12,14,22-23H,6-10H2,1-5H3,(H,20,21);2*1-2H3. The number of phenolic OH excluding ortho intramolecular Hbond substituents is 1. The molecule has 0 radical (unpaired) electrons. The third-order valence-electron chi connectivity index (χ3n) is 4.02. The Morgan fingerprint density at radius 3 is 2.29 bits per heavy atom. The molecule has 0 aliphatic heterocycles. The summed E-state index contributed by atoms with van der Waals surface area (Å²) < 4.78 is 5.14. The number of aryl methyl sites for hydroxylation is 2. The van der Waals surface area contributed by atoms with Crippen LogP contribution in [-0.2, 0) is 11.2 Å². The normalized spacial score (nSPS) is 11.4. The maximum Gasteiger partial charge on any atom is 0.220 e. The molecule has 1 aromatic rings. The summed E-state index contributed by atoms with van der Waals surface area (Å²) in [4.78, 5) is 12.1. The van der Waals surface area contributed by atoms with E-state index in [4.69, 9.17) is 4.74 Å². The number of ether oxygens (including phenoxy) is 1. The maximum atomic E-state index is 12.1. The monoisotopic (exact) mass is 397 g/mol. The van der Waals surface area contributed by atoms with Crippen molar-refractivity contribution >= 4 is 5.91 Å². The molecular weight excluding hydrogens is 354 g/mol. The first-order chi connectivity index (χ1) is 13.1. The summed E-state index contributed by atoms with van der Waals surface area (Å²) in [5, 5.41) is 22.5. The first-order valence-corrected chi connectivity index (χ1v) is 10.5. The summed E-state index contributed by atoms with van der Waals surface area (Å²) in [6, 6.07) is 3.73. The number of amides is 1. The van der Waals surface area contributed by atoms with Crippen molar-refractivity contribution in [2.75, 3.05) is 7.11 Å². The average molecular weight is 398 g/mol. The van der Waals surface area contributed by atoms with Crippen molar-refractivity contribution < 1.29 is 19.7 Å². The van der Waals surface area contributed by atoms with Gasteiger partial charge in [0, 0.05) is 12.5 Å². The number of methoxy groups -OCH3 is 1. The van der Waals surface area contributed by atoms with Crippen LogP contribution >= 0.6 is 0 Å². The summed E-state index contributed by atoms with van der Waals surface area (Å²) in [5.41, 5.74) is 1.05. The van der Waals surface area contributed by atoms with Gasteiger partial charge in [0.25, 0.3) is 0 Å². The second kappa shape index (κ2) is 15.2. The molecule has 0 fully saturated rings. The minimum atomic E-state index is -0.653. The summed E-state index contributed by atoms with van der Waals surface area (Å²) in [6.45, 7) is 15.4. The van der Waals surface area contributed by atoms with Gasteiger partial charge in [-0.05, 0) is 70.6 Å². The molecule has 0 spiro atoms. The number of carbonyl (C=O) groups is 1. The zero-order valence-electron chi connectivity index (χ0n) is 19.5. The summed E-state index contributed by atoms with van der Waals surface area (Å²) >= 11 is 0. The number of hydrogen-bond acceptors (Lipinski definition) is 4. The Bertz CT molecular complexity index is 550. The molecule has 164 valence electrons. The lowest BCUT2D eigenvalue weighted by Gasteiger charge is -2.19. The third kappa shape index (κ3) is 12.6. The molecule has 5 heteroatoms. The Balaban J connectivity index is 0. The van der Waals surface area contributed by atoms with Gasteiger partial charge in [-0.2, -0.15) is 0 Å². The van der Waals surface area contributed by atoms with Crippen LogP contribution in [0.15, 0.2) is 12.1 Å². The van der Waals surface area contributed by atoms with Crippen LogP contribution in [-0.4, -0.2) is 34.9 Å². The van der Waals surface area contributed by atoms with E-state index in [1.54, 1.807) is 19.9 Å². The first-order valence-electron chi connectivity index (χ1n) is 10.5. The molecule has 0 bridgehead atoms. The molecule has 5 nitrogen and oxygen atoms in total. The zero-order valence-corrected chi connectivity index (χ0v) is 19.5. The molecule has 1 aromatic carbocycles. The van der Waals surface area contributed by atoms with Crippen molar-refractivity contribution in [2.45, 2.75) is 99.1 Å². The topological polar surface area (TPSA) is 78.8 Å². The molecule has 0 saturated carbocycles. The van der Waals surface area contributed by atoms with Crippen molar-refractivity contribution in [1.29, 1.82) is 0 Å². The molecular formula is C23H43NO4. The molecule has 0 saturated heterocycles. The average Bonchev–Trinajstić information content (AvgIpc) is 2.64. The predicted octanol–water partition coefficient (Wildman–Crippen LogP) is 5.14. The summed E-state index contributed by atoms with van der Waals surface area (Å²) in [5.74, 6) is 0.590. The Kier molecular flexibility index (Phi) is 15.5. The number of aromatic hydroxyl groups is 1. The number of hydrogen-bond donors (Lipinski definition) is 3. The molecule has 1 rings (SSSR count). The lowest BCUT2D eigenvalue weighted by Crippen LogP contribution is -2.33. The van der Waals surface area contributed by atoms with Crippen molar-refractivity contribution in [3.8, 4) is 11.5 Å². The van der Waals surface area contributed by atoms with E-state index >= 15 is 0 Å². The highest BCUT2D eigenvalue weighted by Crippen LogP contribution is 2.31. The Hall–Kier alpha value is -1.75. The highest BCUT2D eigenvalue weighted by Gasteiger charge is 2.14. The lowest BCUT2D eigenvalue weighted by molar-refractivity contribution is -0.121. The van der Waals surface area contributed by atoms with E-state index in [0.29, 0.717) is 18.6 Å². The number of phenols is 1. The first kappa shape index (κ1) is 28.5. The third-order valence-corrected chi connectivity index (χ3v) is 4.02. The molecule has 0 aliphatic rings. The highest BCUT2D eigenvalue weighted by atomic mass is 16.5. The van der Waals surface area contributed by atoms with Gasteiger partial charge in [-0.3, -0.25) is 4.79 Å². The fourth-order valence-electron chi connectivity index (χ4n) is 2.64. The largest absolute Gasteiger partial charge is 0.504 e. The fraction of sp³-hybridized carbons (Fsp3) is 0.696. The van der Waals surface area contributed by atoms with Crippen LogP contribution in [0.2, 0.25) is 0 Å². The van der Waals surface area contributed by atoms with Crippen molar-refractivity contribution in [1.82, 2.24) is 5.32 Å². The zero-order chi connectivity index (χ0) is 22.3. The summed E-state index contributed by atoms with van der Waals surface area (Å²) in [7, 11) is 1.51. The molecule has 1 amide bonds. The fourth-order valence-corrected chi connectivity index (χ4v) is 2.64. The second-order valence-electron chi connectivity index (χ2n) is 7.14. The summed E-state index contributed by atoms with van der Waals surface area (Å²) in [6.07, 6.45) is 3.43. The molecule has 3 N–H and O–H groups in total. The molecule has 0 heterocycles.